The molecule has 0 heterocycles. The van der Waals surface area contributed by atoms with Crippen molar-refractivity contribution in [1.82, 2.24) is 5.32 Å². The molecule has 2 aromatic rings. The first-order valence-corrected chi connectivity index (χ1v) is 8.79. The molecule has 0 saturated carbocycles. The molecule has 2 rings (SSSR count). The summed E-state index contributed by atoms with van der Waals surface area (Å²) >= 11 is 11.7. The molecular weight excluding hydrogens is 393 g/mol. The van der Waals surface area contributed by atoms with Crippen LogP contribution in [0, 0.1) is 0 Å². The minimum absolute atomic E-state index is 0.0600. The van der Waals surface area contributed by atoms with E-state index in [9.17, 15) is 14.4 Å². The summed E-state index contributed by atoms with van der Waals surface area (Å²) < 4.78 is 10.2. The molecule has 0 fully saturated rings. The maximum atomic E-state index is 11.8. The molecule has 0 atom stereocenters. The van der Waals surface area contributed by atoms with Gasteiger partial charge in [-0.2, -0.15) is 0 Å². The Morgan fingerprint density at radius 2 is 1.70 bits per heavy atom. The van der Waals surface area contributed by atoms with Crippen LogP contribution in [0.3, 0.4) is 0 Å². The highest BCUT2D eigenvalue weighted by Gasteiger charge is 2.11. The second kappa shape index (κ2) is 10.5. The Balaban J connectivity index is 1.63. The number of carbonyl (C=O) groups excluding carboxylic acids is 3. The number of hydrogen-bond donors (Lipinski definition) is 1. The van der Waals surface area contributed by atoms with Crippen LogP contribution in [-0.2, 0) is 14.3 Å². The number of ether oxygens (including phenoxy) is 2. The van der Waals surface area contributed by atoms with Crippen molar-refractivity contribution in [3.05, 3.63) is 64.1 Å². The summed E-state index contributed by atoms with van der Waals surface area (Å²) in [7, 11) is 0. The predicted octanol–water partition coefficient (Wildman–Crippen LogP) is 3.30. The maximum absolute atomic E-state index is 11.8. The second-order valence-corrected chi connectivity index (χ2v) is 6.26. The highest BCUT2D eigenvalue weighted by molar-refractivity contribution is 6.35. The van der Waals surface area contributed by atoms with Crippen LogP contribution in [0.2, 0.25) is 10.0 Å². The summed E-state index contributed by atoms with van der Waals surface area (Å²) in [6.45, 7) is -0.535. The van der Waals surface area contributed by atoms with Crippen molar-refractivity contribution in [1.29, 1.82) is 0 Å². The predicted molar refractivity (Wildman–Crippen MR) is 101 cm³/mol. The van der Waals surface area contributed by atoms with E-state index in [-0.39, 0.29) is 32.0 Å². The number of nitrogens with one attached hydrogen (secondary N) is 1. The molecular formula is C19H17Cl2NO5. The Kier molecular flexibility index (Phi) is 8.10. The molecule has 0 aliphatic carbocycles. The van der Waals surface area contributed by atoms with Crippen molar-refractivity contribution in [2.75, 3.05) is 19.8 Å². The minimum atomic E-state index is -0.582. The molecule has 0 unspecified atom stereocenters. The van der Waals surface area contributed by atoms with Gasteiger partial charge in [0.05, 0.1) is 11.4 Å². The number of ketones is 1. The number of Topliss-reactive ketones (excluding diaryl/α,β-unsaturated/α-hetero) is 1. The van der Waals surface area contributed by atoms with Gasteiger partial charge in [-0.15, -0.1) is 0 Å². The monoisotopic (exact) mass is 409 g/mol. The van der Waals surface area contributed by atoms with Crippen LogP contribution < -0.4 is 10.1 Å². The van der Waals surface area contributed by atoms with Gasteiger partial charge in [-0.25, -0.2) is 0 Å². The summed E-state index contributed by atoms with van der Waals surface area (Å²) in [6.07, 6.45) is -0.0600. The van der Waals surface area contributed by atoms with Crippen molar-refractivity contribution in [2.24, 2.45) is 0 Å². The number of rotatable bonds is 9. The fraction of sp³-hybridized carbons (Fsp3) is 0.211. The Labute approximate surface area is 166 Å². The van der Waals surface area contributed by atoms with E-state index in [0.717, 1.165) is 0 Å². The van der Waals surface area contributed by atoms with Crippen LogP contribution >= 0.6 is 23.2 Å². The van der Waals surface area contributed by atoms with Crippen LogP contribution in [0.15, 0.2) is 48.5 Å². The Morgan fingerprint density at radius 1 is 0.963 bits per heavy atom. The summed E-state index contributed by atoms with van der Waals surface area (Å²) in [5.41, 5.74) is 0.469. The zero-order valence-corrected chi connectivity index (χ0v) is 15.8. The molecule has 1 N–H and O–H groups in total. The third kappa shape index (κ3) is 7.29. The lowest BCUT2D eigenvalue weighted by Crippen LogP contribution is -2.31. The molecule has 0 spiro atoms. The van der Waals surface area contributed by atoms with Gasteiger partial charge in [-0.05, 0) is 18.2 Å². The molecule has 8 heteroatoms. The zero-order chi connectivity index (χ0) is 19.6. The molecule has 0 aliphatic rings. The number of amides is 1. The summed E-state index contributed by atoms with van der Waals surface area (Å²) in [5.74, 6) is -0.966. The molecule has 0 bridgehead atoms. The first kappa shape index (κ1) is 20.7. The van der Waals surface area contributed by atoms with Gasteiger partial charge in [-0.1, -0.05) is 53.5 Å². The molecule has 0 radical (unpaired) electrons. The smallest absolute Gasteiger partial charge is 0.308 e. The van der Waals surface area contributed by atoms with E-state index in [0.29, 0.717) is 21.4 Å². The van der Waals surface area contributed by atoms with Gasteiger partial charge >= 0.3 is 5.97 Å². The van der Waals surface area contributed by atoms with E-state index in [1.165, 1.54) is 6.07 Å². The van der Waals surface area contributed by atoms with Gasteiger partial charge in [0.25, 0.3) is 5.91 Å². The van der Waals surface area contributed by atoms with E-state index in [1.54, 1.807) is 42.5 Å². The molecule has 27 heavy (non-hydrogen) atoms. The van der Waals surface area contributed by atoms with Crippen molar-refractivity contribution in [3.63, 3.8) is 0 Å². The van der Waals surface area contributed by atoms with E-state index < -0.39 is 11.9 Å². The van der Waals surface area contributed by atoms with Gasteiger partial charge in [0, 0.05) is 17.1 Å². The lowest BCUT2D eigenvalue weighted by Gasteiger charge is -2.09. The van der Waals surface area contributed by atoms with Crippen LogP contribution in [0.5, 0.6) is 5.75 Å². The van der Waals surface area contributed by atoms with E-state index in [4.69, 9.17) is 32.7 Å². The van der Waals surface area contributed by atoms with Crippen molar-refractivity contribution in [2.45, 2.75) is 6.42 Å². The van der Waals surface area contributed by atoms with Crippen LogP contribution in [-0.4, -0.2) is 37.4 Å². The van der Waals surface area contributed by atoms with Gasteiger partial charge in [0.2, 0.25) is 0 Å². The quantitative estimate of drug-likeness (QED) is 0.507. The summed E-state index contributed by atoms with van der Waals surface area (Å²) in [4.78, 5) is 35.2. The lowest BCUT2D eigenvalue weighted by molar-refractivity contribution is -0.142. The minimum Gasteiger partial charge on any atom is -0.482 e. The lowest BCUT2D eigenvalue weighted by atomic mass is 10.1. The van der Waals surface area contributed by atoms with Gasteiger partial charge in [0.1, 0.15) is 5.75 Å². The normalized spacial score (nSPS) is 10.1. The molecule has 0 saturated heterocycles. The number of halogens is 2. The third-order valence-corrected chi connectivity index (χ3v) is 3.89. The summed E-state index contributed by atoms with van der Waals surface area (Å²) in [5, 5.41) is 3.27. The molecule has 6 nitrogen and oxygen atoms in total. The number of benzene rings is 2. The van der Waals surface area contributed by atoms with Gasteiger partial charge < -0.3 is 14.8 Å². The van der Waals surface area contributed by atoms with Crippen molar-refractivity contribution in [3.8, 4) is 5.75 Å². The number of hydrogen-bond acceptors (Lipinski definition) is 5. The summed E-state index contributed by atoms with van der Waals surface area (Å²) in [6, 6.07) is 13.2. The average Bonchev–Trinajstić information content (AvgIpc) is 2.66. The van der Waals surface area contributed by atoms with Gasteiger partial charge in [-0.3, -0.25) is 14.4 Å². The fourth-order valence-corrected chi connectivity index (χ4v) is 2.48. The highest BCUT2D eigenvalue weighted by atomic mass is 35.5. The third-order valence-electron chi connectivity index (χ3n) is 3.36. The Morgan fingerprint density at radius 3 is 2.41 bits per heavy atom. The largest absolute Gasteiger partial charge is 0.482 e. The topological polar surface area (TPSA) is 81.7 Å². The fourth-order valence-electron chi connectivity index (χ4n) is 2.02. The van der Waals surface area contributed by atoms with Crippen molar-refractivity contribution < 1.29 is 23.9 Å². The molecule has 142 valence electrons. The van der Waals surface area contributed by atoms with E-state index in [1.807, 2.05) is 0 Å². The standard InChI is InChI=1S/C19H17Cl2NO5/c20-14-6-7-17(15(21)10-14)26-12-18(24)22-9-8-19(25)27-11-16(23)13-4-2-1-3-5-13/h1-7,10H,8-9,11-12H2,(H,22,24). The van der Waals surface area contributed by atoms with E-state index >= 15 is 0 Å². The first-order chi connectivity index (χ1) is 13.0. The van der Waals surface area contributed by atoms with Crippen LogP contribution in [0.4, 0.5) is 0 Å². The van der Waals surface area contributed by atoms with Gasteiger partial charge in [0.15, 0.2) is 19.0 Å². The zero-order valence-electron chi connectivity index (χ0n) is 14.2. The molecule has 1 amide bonds. The first-order valence-electron chi connectivity index (χ1n) is 8.04. The van der Waals surface area contributed by atoms with E-state index in [2.05, 4.69) is 5.32 Å². The number of esters is 1. The SMILES string of the molecule is O=C(COc1ccc(Cl)cc1Cl)NCCC(=O)OCC(=O)c1ccccc1. The average molecular weight is 410 g/mol. The maximum Gasteiger partial charge on any atom is 0.308 e. The second-order valence-electron chi connectivity index (χ2n) is 5.41. The van der Waals surface area contributed by atoms with Crippen molar-refractivity contribution >= 4 is 40.9 Å². The Bertz CT molecular complexity index is 811. The Hall–Kier alpha value is -2.57. The molecule has 0 aliphatic heterocycles. The number of carbonyl (C=O) groups is 3. The molecule has 2 aromatic carbocycles. The van der Waals surface area contributed by atoms with Crippen LogP contribution in [0.25, 0.3) is 0 Å². The molecule has 0 aromatic heterocycles. The van der Waals surface area contributed by atoms with Crippen LogP contribution in [0.1, 0.15) is 16.8 Å². The highest BCUT2D eigenvalue weighted by Crippen LogP contribution is 2.27.